The highest BCUT2D eigenvalue weighted by Gasteiger charge is 2.30. The largest absolute Gasteiger partial charge is 0.416 e. The van der Waals surface area contributed by atoms with Crippen LogP contribution in [-0.2, 0) is 6.18 Å². The van der Waals surface area contributed by atoms with Crippen LogP contribution in [0.15, 0.2) is 30.6 Å². The van der Waals surface area contributed by atoms with Crippen LogP contribution in [0.3, 0.4) is 0 Å². The van der Waals surface area contributed by atoms with Crippen molar-refractivity contribution in [2.45, 2.75) is 25.1 Å². The summed E-state index contributed by atoms with van der Waals surface area (Å²) in [5, 5.41) is 0. The van der Waals surface area contributed by atoms with Crippen LogP contribution in [0.25, 0.3) is 11.3 Å². The normalized spacial score (nSPS) is 15.7. The van der Waals surface area contributed by atoms with Crippen molar-refractivity contribution in [1.82, 2.24) is 9.55 Å². The first kappa shape index (κ1) is 12.1. The topological polar surface area (TPSA) is 43.8 Å². The Morgan fingerprint density at radius 2 is 1.79 bits per heavy atom. The molecule has 3 nitrogen and oxygen atoms in total. The molecule has 1 aromatic heterocycles. The molecule has 0 atom stereocenters. The SMILES string of the molecule is Nc1c(-c2ccc(C(F)(F)F)cc2)ncn1C1CC1. The van der Waals surface area contributed by atoms with Crippen molar-refractivity contribution in [3.05, 3.63) is 36.2 Å². The molecule has 6 heteroatoms. The van der Waals surface area contributed by atoms with E-state index in [4.69, 9.17) is 5.73 Å². The molecule has 2 aromatic rings. The third-order valence-corrected chi connectivity index (χ3v) is 3.26. The standard InChI is InChI=1S/C13H12F3N3/c14-13(15,16)9-3-1-8(2-4-9)11-12(17)19(7-18-11)10-5-6-10/h1-4,7,10H,5-6,17H2. The second-order valence-electron chi connectivity index (χ2n) is 4.69. The third kappa shape index (κ3) is 2.18. The maximum absolute atomic E-state index is 12.5. The molecule has 1 heterocycles. The summed E-state index contributed by atoms with van der Waals surface area (Å²) in [6.07, 6.45) is -0.516. The lowest BCUT2D eigenvalue weighted by Crippen LogP contribution is -2.04. The highest BCUT2D eigenvalue weighted by Crippen LogP contribution is 2.39. The molecule has 0 spiro atoms. The molecule has 100 valence electrons. The first-order valence-electron chi connectivity index (χ1n) is 5.97. The van der Waals surface area contributed by atoms with Crippen molar-refractivity contribution in [2.75, 3.05) is 5.73 Å². The van der Waals surface area contributed by atoms with Crippen molar-refractivity contribution in [3.63, 3.8) is 0 Å². The van der Waals surface area contributed by atoms with E-state index < -0.39 is 11.7 Å². The van der Waals surface area contributed by atoms with Gasteiger partial charge in [-0.25, -0.2) is 4.98 Å². The Morgan fingerprint density at radius 1 is 1.16 bits per heavy atom. The van der Waals surface area contributed by atoms with Gasteiger partial charge in [-0.05, 0) is 25.0 Å². The van der Waals surface area contributed by atoms with E-state index in [2.05, 4.69) is 4.98 Å². The molecule has 0 unspecified atom stereocenters. The van der Waals surface area contributed by atoms with Gasteiger partial charge in [0.15, 0.2) is 0 Å². The van der Waals surface area contributed by atoms with Gasteiger partial charge in [0, 0.05) is 11.6 Å². The zero-order valence-corrected chi connectivity index (χ0v) is 9.98. The summed E-state index contributed by atoms with van der Waals surface area (Å²) >= 11 is 0. The second-order valence-corrected chi connectivity index (χ2v) is 4.69. The lowest BCUT2D eigenvalue weighted by atomic mass is 10.1. The van der Waals surface area contributed by atoms with Crippen LogP contribution in [0, 0.1) is 0 Å². The van der Waals surface area contributed by atoms with Crippen LogP contribution < -0.4 is 5.73 Å². The van der Waals surface area contributed by atoms with Crippen molar-refractivity contribution < 1.29 is 13.2 Å². The number of nitrogen functional groups attached to an aromatic ring is 1. The van der Waals surface area contributed by atoms with Gasteiger partial charge in [0.1, 0.15) is 11.5 Å². The van der Waals surface area contributed by atoms with E-state index in [1.165, 1.54) is 12.1 Å². The van der Waals surface area contributed by atoms with E-state index in [-0.39, 0.29) is 0 Å². The quantitative estimate of drug-likeness (QED) is 0.905. The molecule has 1 fully saturated rings. The summed E-state index contributed by atoms with van der Waals surface area (Å²) < 4.78 is 39.3. The minimum Gasteiger partial charge on any atom is -0.383 e. The Bertz CT molecular complexity index is 595. The van der Waals surface area contributed by atoms with Gasteiger partial charge in [0.2, 0.25) is 0 Å². The number of alkyl halides is 3. The summed E-state index contributed by atoms with van der Waals surface area (Å²) in [4.78, 5) is 4.20. The monoisotopic (exact) mass is 267 g/mol. The van der Waals surface area contributed by atoms with Crippen LogP contribution in [0.2, 0.25) is 0 Å². The molecule has 3 rings (SSSR count). The lowest BCUT2D eigenvalue weighted by Gasteiger charge is -2.07. The number of halogens is 3. The summed E-state index contributed by atoms with van der Waals surface area (Å²) in [5.74, 6) is 0.516. The Labute approximate surface area is 107 Å². The maximum atomic E-state index is 12.5. The summed E-state index contributed by atoms with van der Waals surface area (Å²) in [6, 6.07) is 5.29. The van der Waals surface area contributed by atoms with Gasteiger partial charge in [-0.3, -0.25) is 0 Å². The van der Waals surface area contributed by atoms with Crippen molar-refractivity contribution in [1.29, 1.82) is 0 Å². The van der Waals surface area contributed by atoms with E-state index in [9.17, 15) is 13.2 Å². The summed E-state index contributed by atoms with van der Waals surface area (Å²) in [7, 11) is 0. The number of imidazole rings is 1. The zero-order chi connectivity index (χ0) is 13.6. The van der Waals surface area contributed by atoms with Gasteiger partial charge < -0.3 is 10.3 Å². The molecule has 1 aliphatic rings. The minimum atomic E-state index is -4.32. The smallest absolute Gasteiger partial charge is 0.383 e. The van der Waals surface area contributed by atoms with Gasteiger partial charge in [-0.2, -0.15) is 13.2 Å². The molecule has 1 aliphatic carbocycles. The Kier molecular flexibility index (Phi) is 2.55. The molecular weight excluding hydrogens is 255 g/mol. The average Bonchev–Trinajstić information content (AvgIpc) is 3.12. The fraction of sp³-hybridized carbons (Fsp3) is 0.308. The van der Waals surface area contributed by atoms with E-state index >= 15 is 0 Å². The number of anilines is 1. The molecule has 0 radical (unpaired) electrons. The molecule has 0 aliphatic heterocycles. The van der Waals surface area contributed by atoms with E-state index in [0.717, 1.165) is 25.0 Å². The van der Waals surface area contributed by atoms with Gasteiger partial charge >= 0.3 is 6.18 Å². The number of hydrogen-bond donors (Lipinski definition) is 1. The first-order chi connectivity index (χ1) is 8.97. The number of nitrogens with zero attached hydrogens (tertiary/aromatic N) is 2. The molecular formula is C13H12F3N3. The predicted molar refractivity (Wildman–Crippen MR) is 65.3 cm³/mol. The maximum Gasteiger partial charge on any atom is 0.416 e. The predicted octanol–water partition coefficient (Wildman–Crippen LogP) is 3.49. The first-order valence-corrected chi connectivity index (χ1v) is 5.97. The number of aromatic nitrogens is 2. The van der Waals surface area contributed by atoms with Crippen LogP contribution in [0.5, 0.6) is 0 Å². The van der Waals surface area contributed by atoms with Gasteiger partial charge in [-0.15, -0.1) is 0 Å². The molecule has 19 heavy (non-hydrogen) atoms. The Morgan fingerprint density at radius 3 is 2.32 bits per heavy atom. The van der Waals surface area contributed by atoms with Crippen molar-refractivity contribution in [2.24, 2.45) is 0 Å². The minimum absolute atomic E-state index is 0.399. The lowest BCUT2D eigenvalue weighted by molar-refractivity contribution is -0.137. The van der Waals surface area contributed by atoms with Gasteiger partial charge in [0.25, 0.3) is 0 Å². The fourth-order valence-electron chi connectivity index (χ4n) is 2.05. The van der Waals surface area contributed by atoms with E-state index in [1.54, 1.807) is 6.33 Å². The van der Waals surface area contributed by atoms with Gasteiger partial charge in [0.05, 0.1) is 11.9 Å². The number of rotatable bonds is 2. The summed E-state index contributed by atoms with van der Waals surface area (Å²) in [5.41, 5.74) is 6.45. The zero-order valence-electron chi connectivity index (χ0n) is 9.98. The van der Waals surface area contributed by atoms with Crippen LogP contribution in [-0.4, -0.2) is 9.55 Å². The molecule has 1 aromatic carbocycles. The van der Waals surface area contributed by atoms with Crippen molar-refractivity contribution >= 4 is 5.82 Å². The fourth-order valence-corrected chi connectivity index (χ4v) is 2.05. The molecule has 0 bridgehead atoms. The third-order valence-electron chi connectivity index (χ3n) is 3.26. The second kappa shape index (κ2) is 4.01. The van der Waals surface area contributed by atoms with E-state index in [1.807, 2.05) is 4.57 Å². The Balaban J connectivity index is 1.94. The highest BCUT2D eigenvalue weighted by molar-refractivity contribution is 5.70. The summed E-state index contributed by atoms with van der Waals surface area (Å²) in [6.45, 7) is 0. The van der Waals surface area contributed by atoms with Gasteiger partial charge in [-0.1, -0.05) is 12.1 Å². The number of hydrogen-bond acceptors (Lipinski definition) is 2. The molecule has 1 saturated carbocycles. The molecule has 0 amide bonds. The van der Waals surface area contributed by atoms with Crippen LogP contribution >= 0.6 is 0 Å². The highest BCUT2D eigenvalue weighted by atomic mass is 19.4. The van der Waals surface area contributed by atoms with Crippen molar-refractivity contribution in [3.8, 4) is 11.3 Å². The van der Waals surface area contributed by atoms with Crippen LogP contribution in [0.1, 0.15) is 24.4 Å². The Hall–Kier alpha value is -1.98. The van der Waals surface area contributed by atoms with E-state index in [0.29, 0.717) is 23.1 Å². The molecule has 2 N–H and O–H groups in total. The van der Waals surface area contributed by atoms with Crippen LogP contribution in [0.4, 0.5) is 19.0 Å². The average molecular weight is 267 g/mol. The number of benzene rings is 1. The number of nitrogens with two attached hydrogens (primary N) is 1. The molecule has 0 saturated heterocycles.